The number of Topliss-reactive ketones (excluding diaryl/α,β-unsaturated/α-hetero) is 1. The summed E-state index contributed by atoms with van der Waals surface area (Å²) in [5.41, 5.74) is 4.35. The van der Waals surface area contributed by atoms with Crippen LogP contribution in [-0.2, 0) is 4.79 Å². The van der Waals surface area contributed by atoms with Gasteiger partial charge >= 0.3 is 0 Å². The normalized spacial score (nSPS) is 15.6. The monoisotopic (exact) mass is 539 g/mol. The van der Waals surface area contributed by atoms with Crippen molar-refractivity contribution in [1.29, 1.82) is 0 Å². The van der Waals surface area contributed by atoms with Gasteiger partial charge in [0.1, 0.15) is 5.01 Å². The summed E-state index contributed by atoms with van der Waals surface area (Å²) in [4.78, 5) is 37.4. The van der Waals surface area contributed by atoms with E-state index >= 15 is 0 Å². The summed E-state index contributed by atoms with van der Waals surface area (Å²) in [5, 5.41) is 13.2. The zero-order valence-electron chi connectivity index (χ0n) is 20.5. The maximum atomic E-state index is 14.1. The second kappa shape index (κ2) is 9.28. The van der Waals surface area contributed by atoms with Crippen molar-refractivity contribution < 1.29 is 14.7 Å². The van der Waals surface area contributed by atoms with E-state index in [-0.39, 0.29) is 5.57 Å². The third-order valence-electron chi connectivity index (χ3n) is 6.83. The number of aromatic nitrogens is 2. The number of amides is 1. The minimum absolute atomic E-state index is 0.0165. The van der Waals surface area contributed by atoms with Gasteiger partial charge in [-0.3, -0.25) is 14.5 Å². The number of halogens is 1. The van der Waals surface area contributed by atoms with Crippen LogP contribution in [0.25, 0.3) is 21.5 Å². The van der Waals surface area contributed by atoms with Gasteiger partial charge in [-0.25, -0.2) is 4.98 Å². The number of nitrogens with zero attached hydrogens (tertiary/aromatic N) is 2. The molecule has 6 nitrogen and oxygen atoms in total. The number of anilines is 1. The van der Waals surface area contributed by atoms with Crippen LogP contribution in [0.2, 0.25) is 5.02 Å². The van der Waals surface area contributed by atoms with Gasteiger partial charge in [0.05, 0.1) is 22.2 Å². The molecular formula is C30H22ClN3O3S. The van der Waals surface area contributed by atoms with E-state index in [9.17, 15) is 14.7 Å². The summed E-state index contributed by atoms with van der Waals surface area (Å²) in [7, 11) is 0. The number of aryl methyl sites for hydroxylation is 2. The van der Waals surface area contributed by atoms with Gasteiger partial charge in [-0.2, -0.15) is 0 Å². The Morgan fingerprint density at radius 3 is 2.55 bits per heavy atom. The number of H-pyrrole nitrogens is 1. The molecule has 0 bridgehead atoms. The van der Waals surface area contributed by atoms with Crippen LogP contribution in [0.3, 0.4) is 0 Å². The molecule has 0 fully saturated rings. The van der Waals surface area contributed by atoms with Crippen molar-refractivity contribution in [2.75, 3.05) is 4.90 Å². The minimum Gasteiger partial charge on any atom is -0.503 e. The highest BCUT2D eigenvalue weighted by Crippen LogP contribution is 2.45. The first-order chi connectivity index (χ1) is 18.3. The average Bonchev–Trinajstić information content (AvgIpc) is 3.60. The maximum absolute atomic E-state index is 14.1. The summed E-state index contributed by atoms with van der Waals surface area (Å²) in [6.07, 6.45) is 1.78. The molecule has 188 valence electrons. The zero-order chi connectivity index (χ0) is 26.6. The van der Waals surface area contributed by atoms with Crippen LogP contribution < -0.4 is 4.90 Å². The molecule has 0 aliphatic carbocycles. The fraction of sp³-hybridized carbons (Fsp3) is 0.100. The quantitative estimate of drug-likeness (QED) is 0.229. The summed E-state index contributed by atoms with van der Waals surface area (Å²) in [6, 6.07) is 21.7. The van der Waals surface area contributed by atoms with Crippen molar-refractivity contribution in [3.63, 3.8) is 0 Å². The largest absolute Gasteiger partial charge is 0.503 e. The number of carbonyl (C=O) groups is 2. The van der Waals surface area contributed by atoms with Gasteiger partial charge in [0.15, 0.2) is 5.76 Å². The van der Waals surface area contributed by atoms with Gasteiger partial charge in [-0.1, -0.05) is 66.2 Å². The standard InChI is InChI=1S/C30H22ClN3O3S/c1-16-12-13-19(14-22(16)31)34-25(21-15-32-23-11-7-6-10-20(21)23)24(27(36)30(34)37)26(35)28-17(2)33-29(38-28)18-8-4-3-5-9-18/h3-15,25,32,36H,1-2H3. The molecule has 1 aliphatic rings. The van der Waals surface area contributed by atoms with Crippen LogP contribution >= 0.6 is 22.9 Å². The highest BCUT2D eigenvalue weighted by atomic mass is 35.5. The van der Waals surface area contributed by atoms with Gasteiger partial charge in [-0.05, 0) is 37.6 Å². The lowest BCUT2D eigenvalue weighted by Gasteiger charge is -2.27. The number of aliphatic hydroxyl groups is 1. The molecule has 38 heavy (non-hydrogen) atoms. The van der Waals surface area contributed by atoms with E-state index in [4.69, 9.17) is 11.6 Å². The van der Waals surface area contributed by atoms with E-state index < -0.39 is 23.5 Å². The Bertz CT molecular complexity index is 1770. The predicted octanol–water partition coefficient (Wildman–Crippen LogP) is 7.34. The number of aliphatic hydroxyl groups excluding tert-OH is 1. The summed E-state index contributed by atoms with van der Waals surface area (Å²) >= 11 is 7.68. The minimum atomic E-state index is -0.869. The van der Waals surface area contributed by atoms with Gasteiger partial charge in [-0.15, -0.1) is 11.3 Å². The number of thiazole rings is 1. The maximum Gasteiger partial charge on any atom is 0.294 e. The lowest BCUT2D eigenvalue weighted by atomic mass is 9.94. The lowest BCUT2D eigenvalue weighted by molar-refractivity contribution is -0.117. The number of para-hydroxylation sites is 1. The van der Waals surface area contributed by atoms with Crippen molar-refractivity contribution >= 4 is 51.2 Å². The van der Waals surface area contributed by atoms with Crippen LogP contribution in [0.4, 0.5) is 5.69 Å². The van der Waals surface area contributed by atoms with Crippen LogP contribution in [0.5, 0.6) is 0 Å². The third-order valence-corrected chi connectivity index (χ3v) is 8.44. The number of hydrogen-bond donors (Lipinski definition) is 2. The number of rotatable bonds is 5. The smallest absolute Gasteiger partial charge is 0.294 e. The number of ketones is 1. The second-order valence-corrected chi connectivity index (χ2v) is 10.6. The predicted molar refractivity (Wildman–Crippen MR) is 151 cm³/mol. The molecule has 1 atom stereocenters. The van der Waals surface area contributed by atoms with Crippen LogP contribution in [0, 0.1) is 13.8 Å². The lowest BCUT2D eigenvalue weighted by Crippen LogP contribution is -2.31. The van der Waals surface area contributed by atoms with E-state index in [1.54, 1.807) is 25.3 Å². The molecule has 0 radical (unpaired) electrons. The van der Waals surface area contributed by atoms with E-state index in [2.05, 4.69) is 9.97 Å². The van der Waals surface area contributed by atoms with E-state index in [0.717, 1.165) is 22.0 Å². The van der Waals surface area contributed by atoms with Gasteiger partial charge < -0.3 is 10.1 Å². The molecule has 0 saturated carbocycles. The summed E-state index contributed by atoms with van der Waals surface area (Å²) in [5.74, 6) is -1.66. The van der Waals surface area contributed by atoms with E-state index in [0.29, 0.717) is 31.9 Å². The molecule has 1 aliphatic heterocycles. The van der Waals surface area contributed by atoms with Crippen molar-refractivity contribution in [2.24, 2.45) is 0 Å². The number of benzene rings is 3. The molecule has 3 aromatic carbocycles. The topological polar surface area (TPSA) is 86.3 Å². The van der Waals surface area contributed by atoms with Crippen molar-refractivity contribution in [2.45, 2.75) is 19.9 Å². The Labute approximate surface area is 227 Å². The number of fused-ring (bicyclic) bond motifs is 1. The van der Waals surface area contributed by atoms with E-state index in [1.807, 2.05) is 67.6 Å². The Balaban J connectivity index is 1.52. The highest BCUT2D eigenvalue weighted by molar-refractivity contribution is 7.17. The molecule has 8 heteroatoms. The number of aromatic amines is 1. The molecule has 1 unspecified atom stereocenters. The first-order valence-electron chi connectivity index (χ1n) is 12.0. The molecule has 0 saturated heterocycles. The van der Waals surface area contributed by atoms with Crippen LogP contribution in [-0.4, -0.2) is 26.8 Å². The zero-order valence-corrected chi connectivity index (χ0v) is 22.1. The first-order valence-corrected chi connectivity index (χ1v) is 13.2. The number of nitrogens with one attached hydrogen (secondary N) is 1. The Kier molecular flexibility index (Phi) is 5.90. The van der Waals surface area contributed by atoms with Gasteiger partial charge in [0.25, 0.3) is 5.91 Å². The molecule has 5 aromatic rings. The summed E-state index contributed by atoms with van der Waals surface area (Å²) < 4.78 is 0. The number of carbonyl (C=O) groups excluding carboxylic acids is 2. The fourth-order valence-corrected chi connectivity index (χ4v) is 6.08. The Morgan fingerprint density at radius 1 is 1.05 bits per heavy atom. The van der Waals surface area contributed by atoms with Gasteiger partial charge in [0, 0.05) is 38.9 Å². The average molecular weight is 540 g/mol. The molecule has 0 spiro atoms. The molecule has 1 amide bonds. The summed E-state index contributed by atoms with van der Waals surface area (Å²) in [6.45, 7) is 3.64. The Hall–Kier alpha value is -4.20. The first kappa shape index (κ1) is 24.2. The molecule has 6 rings (SSSR count). The van der Waals surface area contributed by atoms with Crippen LogP contribution in [0.15, 0.2) is 90.3 Å². The van der Waals surface area contributed by atoms with E-state index in [1.165, 1.54) is 16.2 Å². The fourth-order valence-electron chi connectivity index (χ4n) is 4.88. The SMILES string of the molecule is Cc1ccc(N2C(=O)C(O)=C(C(=O)c3sc(-c4ccccc4)nc3C)C2c2c[nH]c3ccccc23)cc1Cl. The number of hydrogen-bond acceptors (Lipinski definition) is 5. The van der Waals surface area contributed by atoms with Crippen molar-refractivity contribution in [3.8, 4) is 10.6 Å². The van der Waals surface area contributed by atoms with Gasteiger partial charge in [0.2, 0.25) is 5.78 Å². The van der Waals surface area contributed by atoms with Crippen LogP contribution in [0.1, 0.15) is 32.5 Å². The Morgan fingerprint density at radius 2 is 1.79 bits per heavy atom. The molecule has 2 aromatic heterocycles. The molecule has 2 N–H and O–H groups in total. The molecular weight excluding hydrogens is 518 g/mol. The van der Waals surface area contributed by atoms with Crippen molar-refractivity contribution in [1.82, 2.24) is 9.97 Å². The third kappa shape index (κ3) is 3.83. The molecule has 3 heterocycles. The second-order valence-electron chi connectivity index (χ2n) is 9.19. The van der Waals surface area contributed by atoms with Crippen molar-refractivity contribution in [3.05, 3.63) is 117 Å². The highest BCUT2D eigenvalue weighted by Gasteiger charge is 2.46.